The summed E-state index contributed by atoms with van der Waals surface area (Å²) in [6, 6.07) is 14.1. The van der Waals surface area contributed by atoms with Crippen molar-refractivity contribution in [2.45, 2.75) is 51.5 Å². The van der Waals surface area contributed by atoms with E-state index in [9.17, 15) is 10.2 Å². The van der Waals surface area contributed by atoms with Gasteiger partial charge in [0.15, 0.2) is 11.6 Å². The number of unbranched alkanes of at least 4 members (excludes halogenated alkanes) is 6. The normalized spacial score (nSPS) is 11.1. The maximum atomic E-state index is 10.3. The predicted octanol–water partition coefficient (Wildman–Crippen LogP) is 4.75. The van der Waals surface area contributed by atoms with E-state index >= 15 is 0 Å². The summed E-state index contributed by atoms with van der Waals surface area (Å²) in [5, 5.41) is 33.9. The van der Waals surface area contributed by atoms with Gasteiger partial charge in [0.1, 0.15) is 11.5 Å². The Morgan fingerprint density at radius 2 is 1.24 bits per heavy atom. The fraction of sp³-hybridized carbons (Fsp3) is 0.391. The van der Waals surface area contributed by atoms with E-state index in [4.69, 9.17) is 5.11 Å². The fourth-order valence-electron chi connectivity index (χ4n) is 3.39. The average molecular weight is 396 g/mol. The van der Waals surface area contributed by atoms with Crippen molar-refractivity contribution in [2.24, 2.45) is 0 Å². The molecule has 0 saturated heterocycles. The van der Waals surface area contributed by atoms with E-state index in [2.05, 4.69) is 10.1 Å². The number of aryl methyl sites for hydroxylation is 1. The number of aromatic nitrogens is 3. The summed E-state index contributed by atoms with van der Waals surface area (Å²) in [6.45, 7) is 0.974. The lowest BCUT2D eigenvalue weighted by Crippen LogP contribution is -2.03. The van der Waals surface area contributed by atoms with Gasteiger partial charge in [0, 0.05) is 13.2 Å². The molecule has 6 nitrogen and oxygen atoms in total. The minimum atomic E-state index is 0.136. The Morgan fingerprint density at radius 3 is 1.86 bits per heavy atom. The third kappa shape index (κ3) is 5.57. The van der Waals surface area contributed by atoms with Gasteiger partial charge in [-0.2, -0.15) is 5.10 Å². The molecule has 0 bridgehead atoms. The molecule has 0 spiro atoms. The molecule has 0 amide bonds. The van der Waals surface area contributed by atoms with E-state index in [0.29, 0.717) is 29.3 Å². The van der Waals surface area contributed by atoms with Crippen molar-refractivity contribution in [2.75, 3.05) is 6.61 Å². The Morgan fingerprint density at radius 1 is 0.690 bits per heavy atom. The quantitative estimate of drug-likeness (QED) is 0.408. The molecule has 0 aliphatic heterocycles. The third-order valence-electron chi connectivity index (χ3n) is 4.99. The number of aliphatic hydroxyl groups excluding tert-OH is 1. The zero-order valence-electron chi connectivity index (χ0n) is 16.7. The standard InChI is InChI=1S/C23H29N3O3/c27-17-11-5-3-1-2-4-10-16-26-23(19-13-7-9-15-21(19)29)24-22(25-26)18-12-6-8-14-20(18)28/h6-9,12-15,27-29H,1-5,10-11,16-17H2. The molecule has 154 valence electrons. The molecule has 0 atom stereocenters. The molecular formula is C23H29N3O3. The molecular weight excluding hydrogens is 366 g/mol. The summed E-state index contributed by atoms with van der Waals surface area (Å²) in [4.78, 5) is 4.63. The van der Waals surface area contributed by atoms with Crippen molar-refractivity contribution in [3.05, 3.63) is 48.5 Å². The number of phenols is 2. The van der Waals surface area contributed by atoms with Crippen LogP contribution in [0.4, 0.5) is 0 Å². The topological polar surface area (TPSA) is 91.4 Å². The second kappa shape index (κ2) is 10.6. The number of benzene rings is 2. The van der Waals surface area contributed by atoms with Gasteiger partial charge in [-0.25, -0.2) is 9.67 Å². The SMILES string of the molecule is OCCCCCCCCCn1nc(-c2ccccc2O)nc1-c1ccccc1O. The number of rotatable bonds is 11. The van der Waals surface area contributed by atoms with Gasteiger partial charge >= 0.3 is 0 Å². The molecule has 3 N–H and O–H groups in total. The number of para-hydroxylation sites is 2. The minimum Gasteiger partial charge on any atom is -0.507 e. The first kappa shape index (κ1) is 20.9. The summed E-state index contributed by atoms with van der Waals surface area (Å²) >= 11 is 0. The Bertz CT molecular complexity index is 908. The molecule has 2 aromatic carbocycles. The lowest BCUT2D eigenvalue weighted by Gasteiger charge is -2.07. The highest BCUT2D eigenvalue weighted by Crippen LogP contribution is 2.32. The van der Waals surface area contributed by atoms with E-state index in [-0.39, 0.29) is 18.1 Å². The van der Waals surface area contributed by atoms with Crippen molar-refractivity contribution >= 4 is 0 Å². The third-order valence-corrected chi connectivity index (χ3v) is 4.99. The monoisotopic (exact) mass is 395 g/mol. The second-order valence-electron chi connectivity index (χ2n) is 7.21. The van der Waals surface area contributed by atoms with Gasteiger partial charge in [0.2, 0.25) is 0 Å². The summed E-state index contributed by atoms with van der Waals surface area (Å²) in [5.74, 6) is 1.35. The highest BCUT2D eigenvalue weighted by atomic mass is 16.3. The minimum absolute atomic E-state index is 0.136. The van der Waals surface area contributed by atoms with E-state index in [1.165, 1.54) is 6.42 Å². The van der Waals surface area contributed by atoms with Crippen LogP contribution in [0.3, 0.4) is 0 Å². The van der Waals surface area contributed by atoms with Crippen molar-refractivity contribution in [1.82, 2.24) is 14.8 Å². The van der Waals surface area contributed by atoms with E-state index in [1.807, 2.05) is 22.9 Å². The van der Waals surface area contributed by atoms with Gasteiger partial charge in [0.05, 0.1) is 11.1 Å². The average Bonchev–Trinajstić information content (AvgIpc) is 3.14. The van der Waals surface area contributed by atoms with Crippen LogP contribution >= 0.6 is 0 Å². The van der Waals surface area contributed by atoms with Gasteiger partial charge in [-0.15, -0.1) is 0 Å². The van der Waals surface area contributed by atoms with Crippen LogP contribution in [-0.2, 0) is 6.54 Å². The zero-order chi connectivity index (χ0) is 20.5. The maximum absolute atomic E-state index is 10.3. The highest BCUT2D eigenvalue weighted by molar-refractivity contribution is 5.69. The smallest absolute Gasteiger partial charge is 0.185 e. The van der Waals surface area contributed by atoms with E-state index in [1.54, 1.807) is 30.3 Å². The van der Waals surface area contributed by atoms with E-state index in [0.717, 1.165) is 38.5 Å². The number of nitrogens with zero attached hydrogens (tertiary/aromatic N) is 3. The van der Waals surface area contributed by atoms with Gasteiger partial charge in [-0.3, -0.25) is 0 Å². The van der Waals surface area contributed by atoms with Crippen molar-refractivity contribution in [1.29, 1.82) is 0 Å². The Kier molecular flexibility index (Phi) is 7.64. The van der Waals surface area contributed by atoms with Crippen molar-refractivity contribution in [3.8, 4) is 34.3 Å². The number of aromatic hydroxyl groups is 2. The van der Waals surface area contributed by atoms with Gasteiger partial charge in [-0.1, -0.05) is 56.4 Å². The van der Waals surface area contributed by atoms with Gasteiger partial charge in [0.25, 0.3) is 0 Å². The second-order valence-corrected chi connectivity index (χ2v) is 7.21. The Hall–Kier alpha value is -2.86. The zero-order valence-corrected chi connectivity index (χ0v) is 16.7. The highest BCUT2D eigenvalue weighted by Gasteiger charge is 2.17. The molecule has 0 radical (unpaired) electrons. The number of aliphatic hydroxyl groups is 1. The van der Waals surface area contributed by atoms with Crippen molar-refractivity contribution < 1.29 is 15.3 Å². The molecule has 0 aliphatic rings. The van der Waals surface area contributed by atoms with Crippen LogP contribution in [0.5, 0.6) is 11.5 Å². The molecule has 0 fully saturated rings. The number of hydrogen-bond donors (Lipinski definition) is 3. The number of phenolic OH excluding ortho intramolecular Hbond substituents is 2. The molecule has 3 aromatic rings. The summed E-state index contributed by atoms with van der Waals surface area (Å²) < 4.78 is 1.82. The van der Waals surface area contributed by atoms with Crippen LogP contribution in [-0.4, -0.2) is 36.7 Å². The lowest BCUT2D eigenvalue weighted by atomic mass is 10.1. The summed E-state index contributed by atoms with van der Waals surface area (Å²) in [7, 11) is 0. The molecule has 3 rings (SSSR count). The molecule has 0 aliphatic carbocycles. The Labute approximate surface area is 171 Å². The first-order valence-corrected chi connectivity index (χ1v) is 10.3. The fourth-order valence-corrected chi connectivity index (χ4v) is 3.39. The van der Waals surface area contributed by atoms with Crippen LogP contribution in [0, 0.1) is 0 Å². The number of hydrogen-bond acceptors (Lipinski definition) is 5. The molecule has 6 heteroatoms. The van der Waals surface area contributed by atoms with Crippen LogP contribution in [0.25, 0.3) is 22.8 Å². The molecule has 1 aromatic heterocycles. The molecule has 0 unspecified atom stereocenters. The predicted molar refractivity (Wildman–Crippen MR) is 114 cm³/mol. The largest absolute Gasteiger partial charge is 0.507 e. The first-order valence-electron chi connectivity index (χ1n) is 10.3. The summed E-state index contributed by atoms with van der Waals surface area (Å²) in [6.07, 6.45) is 7.50. The lowest BCUT2D eigenvalue weighted by molar-refractivity contribution is 0.282. The molecule has 1 heterocycles. The van der Waals surface area contributed by atoms with Crippen LogP contribution in [0.15, 0.2) is 48.5 Å². The first-order chi connectivity index (χ1) is 14.2. The summed E-state index contributed by atoms with van der Waals surface area (Å²) in [5.41, 5.74) is 1.21. The Balaban J connectivity index is 1.73. The van der Waals surface area contributed by atoms with Gasteiger partial charge in [-0.05, 0) is 37.1 Å². The van der Waals surface area contributed by atoms with Crippen molar-refractivity contribution in [3.63, 3.8) is 0 Å². The molecule has 29 heavy (non-hydrogen) atoms. The van der Waals surface area contributed by atoms with E-state index < -0.39 is 0 Å². The maximum Gasteiger partial charge on any atom is 0.185 e. The van der Waals surface area contributed by atoms with Gasteiger partial charge < -0.3 is 15.3 Å². The van der Waals surface area contributed by atoms with Crippen LogP contribution in [0.1, 0.15) is 44.9 Å². The molecule has 0 saturated carbocycles. The van der Waals surface area contributed by atoms with Crippen LogP contribution in [0.2, 0.25) is 0 Å². The van der Waals surface area contributed by atoms with Crippen LogP contribution < -0.4 is 0 Å².